The fourth-order valence-electron chi connectivity index (χ4n) is 2.11. The molecule has 87 valence electrons. The molecule has 1 radical (unpaired) electrons. The molecule has 0 aliphatic rings. The Balaban J connectivity index is 2.05. The van der Waals surface area contributed by atoms with Gasteiger partial charge >= 0.3 is 0 Å². The van der Waals surface area contributed by atoms with Gasteiger partial charge in [0.2, 0.25) is 0 Å². The minimum Gasteiger partial charge on any atom is -0.300 e. The summed E-state index contributed by atoms with van der Waals surface area (Å²) in [6, 6.07) is 14.9. The Morgan fingerprint density at radius 2 is 1.88 bits per heavy atom. The lowest BCUT2D eigenvalue weighted by molar-refractivity contribution is -0.114. The van der Waals surface area contributed by atoms with Crippen LogP contribution in [0.5, 0.6) is 0 Å². The second-order valence-corrected chi connectivity index (χ2v) is 4.35. The van der Waals surface area contributed by atoms with Crippen LogP contribution in [0.25, 0.3) is 10.8 Å². The molecular weight excluding hydrogens is 208 g/mol. The number of rotatable bonds is 5. The molecular formula is C16H17O. The number of Topliss-reactive ketones (excluding diaryl/α,β-unsaturated/α-hetero) is 1. The van der Waals surface area contributed by atoms with Crippen LogP contribution in [-0.4, -0.2) is 5.78 Å². The summed E-state index contributed by atoms with van der Waals surface area (Å²) in [5.41, 5.74) is 1.38. The van der Waals surface area contributed by atoms with Gasteiger partial charge in [-0.15, -0.1) is 0 Å². The minimum absolute atomic E-state index is 0.169. The molecule has 0 aromatic heterocycles. The Morgan fingerprint density at radius 3 is 2.71 bits per heavy atom. The predicted octanol–water partition coefficient (Wildman–Crippen LogP) is 3.96. The first-order valence-corrected chi connectivity index (χ1v) is 6.08. The molecule has 0 unspecified atom stereocenters. The normalized spacial score (nSPS) is 10.6. The number of carbonyl (C=O) groups excluding carboxylic acids is 1. The summed E-state index contributed by atoms with van der Waals surface area (Å²) >= 11 is 0. The third kappa shape index (κ3) is 3.16. The maximum absolute atomic E-state index is 10.8. The van der Waals surface area contributed by atoms with E-state index in [9.17, 15) is 4.79 Å². The van der Waals surface area contributed by atoms with Crippen molar-refractivity contribution in [2.45, 2.75) is 26.2 Å². The highest BCUT2D eigenvalue weighted by Crippen LogP contribution is 2.20. The molecule has 2 rings (SSSR count). The lowest BCUT2D eigenvalue weighted by atomic mass is 9.99. The summed E-state index contributed by atoms with van der Waals surface area (Å²) in [5.74, 6) is 0.169. The summed E-state index contributed by atoms with van der Waals surface area (Å²) in [7, 11) is 0. The lowest BCUT2D eigenvalue weighted by Gasteiger charge is -2.05. The molecule has 1 nitrogen and oxygen atoms in total. The summed E-state index contributed by atoms with van der Waals surface area (Å²) in [6.45, 7) is 1.61. The zero-order valence-electron chi connectivity index (χ0n) is 10.1. The predicted molar refractivity (Wildman–Crippen MR) is 71.9 cm³/mol. The standard InChI is InChI=1S/C16H17O/c1-13(17)7-2-3-8-14-10-6-11-15-9-4-5-12-16(14)15/h4-7,9-12H,2-3,8H2,1H3. The van der Waals surface area contributed by atoms with E-state index >= 15 is 0 Å². The lowest BCUT2D eigenvalue weighted by Crippen LogP contribution is -1.93. The minimum atomic E-state index is 0.169. The second-order valence-electron chi connectivity index (χ2n) is 4.35. The van der Waals surface area contributed by atoms with Crippen molar-refractivity contribution in [3.8, 4) is 0 Å². The molecule has 0 saturated carbocycles. The fraction of sp³-hybridized carbons (Fsp3) is 0.250. The largest absolute Gasteiger partial charge is 0.300 e. The highest BCUT2D eigenvalue weighted by molar-refractivity contribution is 5.85. The molecule has 0 bridgehead atoms. The maximum atomic E-state index is 10.8. The van der Waals surface area contributed by atoms with E-state index in [1.807, 2.05) is 0 Å². The first-order valence-electron chi connectivity index (χ1n) is 6.08. The zero-order chi connectivity index (χ0) is 12.1. The number of hydrogen-bond acceptors (Lipinski definition) is 1. The van der Waals surface area contributed by atoms with Crippen LogP contribution in [0, 0.1) is 6.42 Å². The molecule has 0 spiro atoms. The van der Waals surface area contributed by atoms with Gasteiger partial charge in [-0.2, -0.15) is 0 Å². The van der Waals surface area contributed by atoms with Crippen LogP contribution >= 0.6 is 0 Å². The quantitative estimate of drug-likeness (QED) is 0.704. The molecule has 0 atom stereocenters. The van der Waals surface area contributed by atoms with Crippen LogP contribution in [0.1, 0.15) is 25.3 Å². The number of fused-ring (bicyclic) bond motifs is 1. The summed E-state index contributed by atoms with van der Waals surface area (Å²) in [6.07, 6.45) is 4.71. The van der Waals surface area contributed by atoms with Crippen LogP contribution in [-0.2, 0) is 11.2 Å². The van der Waals surface area contributed by atoms with Crippen molar-refractivity contribution in [2.24, 2.45) is 0 Å². The van der Waals surface area contributed by atoms with Crippen LogP contribution in [0.15, 0.2) is 42.5 Å². The van der Waals surface area contributed by atoms with Gasteiger partial charge in [0.05, 0.1) is 0 Å². The van der Waals surface area contributed by atoms with Crippen molar-refractivity contribution in [3.05, 3.63) is 54.4 Å². The monoisotopic (exact) mass is 225 g/mol. The molecule has 0 aliphatic heterocycles. The zero-order valence-corrected chi connectivity index (χ0v) is 10.1. The molecule has 0 amide bonds. The van der Waals surface area contributed by atoms with Crippen molar-refractivity contribution in [1.82, 2.24) is 0 Å². The van der Waals surface area contributed by atoms with Crippen molar-refractivity contribution in [2.75, 3.05) is 0 Å². The van der Waals surface area contributed by atoms with E-state index < -0.39 is 0 Å². The van der Waals surface area contributed by atoms with E-state index in [0.717, 1.165) is 19.3 Å². The van der Waals surface area contributed by atoms with E-state index in [4.69, 9.17) is 0 Å². The van der Waals surface area contributed by atoms with E-state index in [-0.39, 0.29) is 5.78 Å². The third-order valence-corrected chi connectivity index (χ3v) is 2.96. The van der Waals surface area contributed by atoms with E-state index in [1.54, 1.807) is 13.3 Å². The van der Waals surface area contributed by atoms with Gasteiger partial charge in [0.1, 0.15) is 5.78 Å². The Labute approximate surface area is 102 Å². The average molecular weight is 225 g/mol. The van der Waals surface area contributed by atoms with E-state index in [2.05, 4.69) is 42.5 Å². The smallest absolute Gasteiger partial charge is 0.133 e. The Hall–Kier alpha value is -1.63. The average Bonchev–Trinajstić information content (AvgIpc) is 2.34. The second kappa shape index (κ2) is 5.62. The number of hydrogen-bond donors (Lipinski definition) is 0. The molecule has 2 aromatic carbocycles. The maximum Gasteiger partial charge on any atom is 0.133 e. The molecule has 0 fully saturated rings. The van der Waals surface area contributed by atoms with Gasteiger partial charge in [0.15, 0.2) is 0 Å². The van der Waals surface area contributed by atoms with Gasteiger partial charge in [-0.3, -0.25) is 4.79 Å². The molecule has 0 N–H and O–H groups in total. The third-order valence-electron chi connectivity index (χ3n) is 2.96. The molecule has 0 saturated heterocycles. The van der Waals surface area contributed by atoms with E-state index in [0.29, 0.717) is 0 Å². The molecule has 1 heteroatoms. The number of carbonyl (C=O) groups is 1. The highest BCUT2D eigenvalue weighted by Gasteiger charge is 2.00. The molecule has 0 heterocycles. The molecule has 0 aliphatic carbocycles. The van der Waals surface area contributed by atoms with Crippen LogP contribution in [0.2, 0.25) is 0 Å². The highest BCUT2D eigenvalue weighted by atomic mass is 16.1. The summed E-state index contributed by atoms with van der Waals surface area (Å²) < 4.78 is 0. The van der Waals surface area contributed by atoms with Gasteiger partial charge in [-0.25, -0.2) is 0 Å². The van der Waals surface area contributed by atoms with Gasteiger partial charge < -0.3 is 0 Å². The number of benzene rings is 2. The van der Waals surface area contributed by atoms with Gasteiger partial charge in [-0.05, 0) is 42.5 Å². The summed E-state index contributed by atoms with van der Waals surface area (Å²) in [4.78, 5) is 10.8. The van der Waals surface area contributed by atoms with Gasteiger partial charge in [0.25, 0.3) is 0 Å². The number of aryl methyl sites for hydroxylation is 1. The fourth-order valence-corrected chi connectivity index (χ4v) is 2.11. The Bertz CT molecular complexity index is 508. The first kappa shape index (κ1) is 11.8. The van der Waals surface area contributed by atoms with E-state index in [1.165, 1.54) is 16.3 Å². The van der Waals surface area contributed by atoms with Gasteiger partial charge in [-0.1, -0.05) is 42.5 Å². The van der Waals surface area contributed by atoms with Crippen LogP contribution in [0.4, 0.5) is 0 Å². The van der Waals surface area contributed by atoms with Crippen molar-refractivity contribution < 1.29 is 4.79 Å². The molecule has 17 heavy (non-hydrogen) atoms. The van der Waals surface area contributed by atoms with Crippen LogP contribution in [0.3, 0.4) is 0 Å². The first-order chi connectivity index (χ1) is 8.27. The van der Waals surface area contributed by atoms with Crippen molar-refractivity contribution in [3.63, 3.8) is 0 Å². The number of ketones is 1. The molecule has 2 aromatic rings. The Kier molecular flexibility index (Phi) is 3.92. The van der Waals surface area contributed by atoms with Crippen LogP contribution < -0.4 is 0 Å². The summed E-state index contributed by atoms with van der Waals surface area (Å²) in [5, 5.41) is 2.62. The van der Waals surface area contributed by atoms with Crippen molar-refractivity contribution >= 4 is 16.6 Å². The van der Waals surface area contributed by atoms with Crippen molar-refractivity contribution in [1.29, 1.82) is 0 Å². The van der Waals surface area contributed by atoms with Gasteiger partial charge in [0, 0.05) is 6.42 Å². The Morgan fingerprint density at radius 1 is 1.12 bits per heavy atom. The SMILES string of the molecule is CC(=O)[CH]CCCc1cccc2ccccc12. The number of unbranched alkanes of at least 4 members (excludes halogenated alkanes) is 1. The topological polar surface area (TPSA) is 17.1 Å².